The number of hydrogen-bond donors (Lipinski definition) is 1. The van der Waals surface area contributed by atoms with Crippen LogP contribution in [0.2, 0.25) is 0 Å². The van der Waals surface area contributed by atoms with Crippen LogP contribution in [0.15, 0.2) is 10.7 Å². The van der Waals surface area contributed by atoms with E-state index in [9.17, 15) is 0 Å². The Hall–Kier alpha value is -0.350. The summed E-state index contributed by atoms with van der Waals surface area (Å²) in [6.07, 6.45) is 7.28. The fraction of sp³-hybridized carbons (Fsp3) is 0.812. The molecule has 0 saturated heterocycles. The van der Waals surface area contributed by atoms with Gasteiger partial charge in [-0.3, -0.25) is 4.68 Å². The molecule has 3 nitrogen and oxygen atoms in total. The molecule has 1 aliphatic rings. The quantitative estimate of drug-likeness (QED) is 0.859. The van der Waals surface area contributed by atoms with Gasteiger partial charge in [0, 0.05) is 6.04 Å². The number of rotatable bonds is 4. The van der Waals surface area contributed by atoms with Crippen LogP contribution in [0.5, 0.6) is 0 Å². The van der Waals surface area contributed by atoms with Crippen molar-refractivity contribution in [3.05, 3.63) is 16.4 Å². The molecule has 4 heteroatoms. The Balaban J connectivity index is 2.39. The molecule has 2 unspecified atom stereocenters. The Morgan fingerprint density at radius 1 is 1.40 bits per heavy atom. The van der Waals surface area contributed by atoms with E-state index in [0.717, 1.165) is 4.47 Å². The van der Waals surface area contributed by atoms with Gasteiger partial charge in [-0.15, -0.1) is 0 Å². The first-order valence-corrected chi connectivity index (χ1v) is 8.58. The molecule has 0 radical (unpaired) electrons. The van der Waals surface area contributed by atoms with E-state index in [4.69, 9.17) is 0 Å². The lowest BCUT2D eigenvalue weighted by Gasteiger charge is -2.43. The van der Waals surface area contributed by atoms with Crippen LogP contribution in [-0.4, -0.2) is 16.8 Å². The van der Waals surface area contributed by atoms with E-state index in [-0.39, 0.29) is 0 Å². The third kappa shape index (κ3) is 2.96. The Bertz CT molecular complexity index is 451. The summed E-state index contributed by atoms with van der Waals surface area (Å²) in [6.45, 7) is 9.24. The number of nitrogens with one attached hydrogen (secondary N) is 1. The molecule has 1 saturated carbocycles. The summed E-state index contributed by atoms with van der Waals surface area (Å²) in [4.78, 5) is 0. The molecule has 0 bridgehead atoms. The highest BCUT2D eigenvalue weighted by Gasteiger charge is 2.39. The van der Waals surface area contributed by atoms with Crippen molar-refractivity contribution in [3.8, 4) is 0 Å². The summed E-state index contributed by atoms with van der Waals surface area (Å²) < 4.78 is 3.29. The average Bonchev–Trinajstić information content (AvgIpc) is 2.75. The van der Waals surface area contributed by atoms with Gasteiger partial charge in [0.15, 0.2) is 0 Å². The van der Waals surface area contributed by atoms with E-state index in [1.807, 2.05) is 6.20 Å². The smallest absolute Gasteiger partial charge is 0.0701 e. The second-order valence-electron chi connectivity index (χ2n) is 7.02. The van der Waals surface area contributed by atoms with E-state index in [1.54, 1.807) is 0 Å². The Labute approximate surface area is 131 Å². The number of aromatic nitrogens is 2. The molecular weight excluding hydrogens is 314 g/mol. The first-order chi connectivity index (χ1) is 9.38. The fourth-order valence-corrected chi connectivity index (χ4v) is 4.24. The lowest BCUT2D eigenvalue weighted by atomic mass is 9.65. The molecule has 1 aliphatic carbocycles. The monoisotopic (exact) mass is 341 g/mol. The van der Waals surface area contributed by atoms with Crippen molar-refractivity contribution in [2.45, 2.75) is 65.5 Å². The molecule has 2 rings (SSSR count). The third-order valence-electron chi connectivity index (χ3n) is 4.87. The van der Waals surface area contributed by atoms with E-state index in [2.05, 4.69) is 65.8 Å². The fourth-order valence-electron chi connectivity index (χ4n) is 3.72. The van der Waals surface area contributed by atoms with Gasteiger partial charge < -0.3 is 5.32 Å². The lowest BCUT2D eigenvalue weighted by Crippen LogP contribution is -2.39. The predicted molar refractivity (Wildman–Crippen MR) is 87.9 cm³/mol. The standard InChI is InChI=1S/C16H28BrN3/c1-11(2)20-15(13(17)10-19-20)14(18-5)12-8-6-7-9-16(12,3)4/h10-12,14,18H,6-9H2,1-5H3. The normalized spacial score (nSPS) is 24.1. The van der Waals surface area contributed by atoms with Gasteiger partial charge in [0.05, 0.1) is 22.4 Å². The van der Waals surface area contributed by atoms with Crippen LogP contribution < -0.4 is 5.32 Å². The minimum atomic E-state index is 0.365. The first kappa shape index (κ1) is 16.0. The maximum absolute atomic E-state index is 4.56. The predicted octanol–water partition coefficient (Wildman–Crippen LogP) is 4.70. The van der Waals surface area contributed by atoms with E-state index < -0.39 is 0 Å². The van der Waals surface area contributed by atoms with Gasteiger partial charge in [-0.1, -0.05) is 26.7 Å². The molecule has 1 fully saturated rings. The van der Waals surface area contributed by atoms with Crippen LogP contribution in [0, 0.1) is 11.3 Å². The summed E-state index contributed by atoms with van der Waals surface area (Å²) in [6, 6.07) is 0.753. The van der Waals surface area contributed by atoms with Crippen LogP contribution in [0.25, 0.3) is 0 Å². The van der Waals surface area contributed by atoms with Crippen molar-refractivity contribution in [1.29, 1.82) is 0 Å². The van der Waals surface area contributed by atoms with Crippen molar-refractivity contribution in [1.82, 2.24) is 15.1 Å². The van der Waals surface area contributed by atoms with Gasteiger partial charge in [0.2, 0.25) is 0 Å². The van der Waals surface area contributed by atoms with Gasteiger partial charge in [0.1, 0.15) is 0 Å². The Kier molecular flexibility index (Phi) is 4.96. The second-order valence-corrected chi connectivity index (χ2v) is 7.88. The SMILES string of the molecule is CNC(c1c(Br)cnn1C(C)C)C1CCCCC1(C)C. The Morgan fingerprint density at radius 2 is 2.10 bits per heavy atom. The number of hydrogen-bond acceptors (Lipinski definition) is 2. The molecule has 2 atom stereocenters. The molecule has 114 valence electrons. The third-order valence-corrected chi connectivity index (χ3v) is 5.49. The molecule has 1 heterocycles. The van der Waals surface area contributed by atoms with Gasteiger partial charge in [-0.05, 0) is 61.0 Å². The van der Waals surface area contributed by atoms with Crippen molar-refractivity contribution in [3.63, 3.8) is 0 Å². The van der Waals surface area contributed by atoms with Crippen LogP contribution >= 0.6 is 15.9 Å². The van der Waals surface area contributed by atoms with Crippen LogP contribution in [0.4, 0.5) is 0 Å². The molecular formula is C16H28BrN3. The van der Waals surface area contributed by atoms with E-state index >= 15 is 0 Å². The largest absolute Gasteiger partial charge is 0.311 e. The first-order valence-electron chi connectivity index (χ1n) is 7.78. The Morgan fingerprint density at radius 3 is 2.65 bits per heavy atom. The molecule has 1 N–H and O–H groups in total. The minimum Gasteiger partial charge on any atom is -0.311 e. The van der Waals surface area contributed by atoms with Crippen LogP contribution in [0.1, 0.15) is 71.2 Å². The van der Waals surface area contributed by atoms with Gasteiger partial charge in [-0.2, -0.15) is 5.10 Å². The second kappa shape index (κ2) is 6.18. The highest BCUT2D eigenvalue weighted by atomic mass is 79.9. The highest BCUT2D eigenvalue weighted by Crippen LogP contribution is 2.47. The maximum atomic E-state index is 4.56. The van der Waals surface area contributed by atoms with Gasteiger partial charge in [-0.25, -0.2) is 0 Å². The van der Waals surface area contributed by atoms with E-state index in [1.165, 1.54) is 31.4 Å². The van der Waals surface area contributed by atoms with Crippen molar-refractivity contribution < 1.29 is 0 Å². The number of halogens is 1. The van der Waals surface area contributed by atoms with Crippen molar-refractivity contribution in [2.24, 2.45) is 11.3 Å². The highest BCUT2D eigenvalue weighted by molar-refractivity contribution is 9.10. The molecule has 0 spiro atoms. The van der Waals surface area contributed by atoms with E-state index in [0.29, 0.717) is 23.4 Å². The zero-order chi connectivity index (χ0) is 14.9. The zero-order valence-electron chi connectivity index (χ0n) is 13.4. The summed E-state index contributed by atoms with van der Waals surface area (Å²) in [7, 11) is 2.08. The van der Waals surface area contributed by atoms with Crippen molar-refractivity contribution >= 4 is 15.9 Å². The van der Waals surface area contributed by atoms with Crippen LogP contribution in [0.3, 0.4) is 0 Å². The lowest BCUT2D eigenvalue weighted by molar-refractivity contribution is 0.0970. The van der Waals surface area contributed by atoms with Crippen LogP contribution in [-0.2, 0) is 0 Å². The number of nitrogens with zero attached hydrogens (tertiary/aromatic N) is 2. The topological polar surface area (TPSA) is 29.9 Å². The van der Waals surface area contributed by atoms with Gasteiger partial charge >= 0.3 is 0 Å². The summed E-state index contributed by atoms with van der Waals surface area (Å²) in [5.74, 6) is 0.659. The molecule has 1 aromatic heterocycles. The minimum absolute atomic E-state index is 0.365. The molecule has 1 aromatic rings. The average molecular weight is 342 g/mol. The van der Waals surface area contributed by atoms with Gasteiger partial charge in [0.25, 0.3) is 0 Å². The molecule has 0 amide bonds. The molecule has 0 aliphatic heterocycles. The maximum Gasteiger partial charge on any atom is 0.0701 e. The van der Waals surface area contributed by atoms with Crippen molar-refractivity contribution in [2.75, 3.05) is 7.05 Å². The summed E-state index contributed by atoms with van der Waals surface area (Å²) >= 11 is 3.71. The molecule has 20 heavy (non-hydrogen) atoms. The summed E-state index contributed by atoms with van der Waals surface area (Å²) in [5, 5.41) is 8.13. The zero-order valence-corrected chi connectivity index (χ0v) is 15.0. The summed E-state index contributed by atoms with van der Waals surface area (Å²) in [5.41, 5.74) is 1.69. The molecule has 0 aromatic carbocycles.